The van der Waals surface area contributed by atoms with Gasteiger partial charge >= 0.3 is 5.97 Å². The van der Waals surface area contributed by atoms with Gasteiger partial charge in [-0.25, -0.2) is 14.2 Å². The summed E-state index contributed by atoms with van der Waals surface area (Å²) in [7, 11) is 1.35. The number of hydrogen-bond acceptors (Lipinski definition) is 3. The Morgan fingerprint density at radius 2 is 2.16 bits per heavy atom. The Labute approximate surface area is 107 Å². The van der Waals surface area contributed by atoms with E-state index in [9.17, 15) is 14.0 Å². The number of aliphatic carboxylic acids is 1. The van der Waals surface area contributed by atoms with Crippen LogP contribution in [-0.4, -0.2) is 44.9 Å². The molecule has 1 atom stereocenters. The lowest BCUT2D eigenvalue weighted by molar-refractivity contribution is -0.141. The number of rotatable bonds is 3. The van der Waals surface area contributed by atoms with Crippen LogP contribution >= 0.6 is 0 Å². The fourth-order valence-corrected chi connectivity index (χ4v) is 1.71. The largest absolute Gasteiger partial charge is 0.480 e. The van der Waals surface area contributed by atoms with Gasteiger partial charge in [0.15, 0.2) is 0 Å². The zero-order chi connectivity index (χ0) is 14.2. The van der Waals surface area contributed by atoms with E-state index < -0.39 is 23.7 Å². The molecule has 2 aromatic rings. The molecule has 7 heteroatoms. The molecule has 1 amide bonds. The van der Waals surface area contributed by atoms with Crippen LogP contribution in [0.5, 0.6) is 0 Å². The van der Waals surface area contributed by atoms with Crippen LogP contribution in [0.3, 0.4) is 0 Å². The van der Waals surface area contributed by atoms with Crippen LogP contribution in [0.2, 0.25) is 0 Å². The molecule has 1 aromatic heterocycles. The van der Waals surface area contributed by atoms with Crippen molar-refractivity contribution in [3.8, 4) is 0 Å². The number of carboxylic acids is 1. The van der Waals surface area contributed by atoms with E-state index in [-0.39, 0.29) is 5.56 Å². The maximum absolute atomic E-state index is 13.4. The van der Waals surface area contributed by atoms with E-state index in [2.05, 4.69) is 9.97 Å². The van der Waals surface area contributed by atoms with Crippen molar-refractivity contribution in [3.05, 3.63) is 29.8 Å². The zero-order valence-electron chi connectivity index (χ0n) is 10.3. The SMILES string of the molecule is CC(C(=O)O)N(C)C(=O)c1cc(F)cc2[nH]cnc12. The fourth-order valence-electron chi connectivity index (χ4n) is 1.71. The standard InChI is InChI=1S/C12H12FN3O3/c1-6(12(18)19)16(2)11(17)8-3-7(13)4-9-10(8)15-5-14-9/h3-6H,1-2H3,(H,14,15)(H,18,19). The van der Waals surface area contributed by atoms with Crippen LogP contribution in [0.15, 0.2) is 18.5 Å². The van der Waals surface area contributed by atoms with E-state index in [1.165, 1.54) is 26.4 Å². The van der Waals surface area contributed by atoms with Crippen molar-refractivity contribution >= 4 is 22.9 Å². The second-order valence-corrected chi connectivity index (χ2v) is 4.18. The van der Waals surface area contributed by atoms with Gasteiger partial charge in [-0.05, 0) is 19.1 Å². The van der Waals surface area contributed by atoms with Gasteiger partial charge in [0.1, 0.15) is 17.4 Å². The summed E-state index contributed by atoms with van der Waals surface area (Å²) in [5.41, 5.74) is 0.738. The smallest absolute Gasteiger partial charge is 0.326 e. The summed E-state index contributed by atoms with van der Waals surface area (Å²) in [5, 5.41) is 8.89. The highest BCUT2D eigenvalue weighted by atomic mass is 19.1. The molecule has 0 saturated carbocycles. The molecule has 2 rings (SSSR count). The molecule has 0 aliphatic carbocycles. The van der Waals surface area contributed by atoms with Crippen molar-refractivity contribution in [2.75, 3.05) is 7.05 Å². The summed E-state index contributed by atoms with van der Waals surface area (Å²) in [6.07, 6.45) is 1.35. The molecule has 100 valence electrons. The number of H-pyrrole nitrogens is 1. The molecule has 2 N–H and O–H groups in total. The summed E-state index contributed by atoms with van der Waals surface area (Å²) in [4.78, 5) is 30.8. The third kappa shape index (κ3) is 2.26. The van der Waals surface area contributed by atoms with Crippen molar-refractivity contribution in [2.24, 2.45) is 0 Å². The Morgan fingerprint density at radius 3 is 2.79 bits per heavy atom. The number of nitrogens with zero attached hydrogens (tertiary/aromatic N) is 2. The topological polar surface area (TPSA) is 86.3 Å². The summed E-state index contributed by atoms with van der Waals surface area (Å²) in [6.45, 7) is 1.38. The Hall–Kier alpha value is -2.44. The molecule has 1 unspecified atom stereocenters. The van der Waals surface area contributed by atoms with Crippen molar-refractivity contribution in [1.29, 1.82) is 0 Å². The molecule has 0 fully saturated rings. The fraction of sp³-hybridized carbons (Fsp3) is 0.250. The third-order valence-corrected chi connectivity index (χ3v) is 2.98. The Morgan fingerprint density at radius 1 is 1.47 bits per heavy atom. The molecule has 6 nitrogen and oxygen atoms in total. The summed E-state index contributed by atoms with van der Waals surface area (Å²) < 4.78 is 13.4. The predicted molar refractivity (Wildman–Crippen MR) is 65.2 cm³/mol. The molecular formula is C12H12FN3O3. The molecular weight excluding hydrogens is 253 g/mol. The summed E-state index contributed by atoms with van der Waals surface area (Å²) >= 11 is 0. The van der Waals surface area contributed by atoms with Gasteiger partial charge in [0.25, 0.3) is 5.91 Å². The van der Waals surface area contributed by atoms with E-state index in [0.717, 1.165) is 11.0 Å². The van der Waals surface area contributed by atoms with E-state index in [1.54, 1.807) is 0 Å². The molecule has 19 heavy (non-hydrogen) atoms. The average molecular weight is 265 g/mol. The Kier molecular flexibility index (Phi) is 3.20. The number of carboxylic acid groups (broad SMARTS) is 1. The molecule has 1 aromatic carbocycles. The molecule has 0 saturated heterocycles. The van der Waals surface area contributed by atoms with E-state index in [1.807, 2.05) is 0 Å². The highest BCUT2D eigenvalue weighted by Gasteiger charge is 2.25. The van der Waals surface area contributed by atoms with Gasteiger partial charge < -0.3 is 15.0 Å². The highest BCUT2D eigenvalue weighted by Crippen LogP contribution is 2.19. The van der Waals surface area contributed by atoms with E-state index in [4.69, 9.17) is 5.11 Å². The lowest BCUT2D eigenvalue weighted by Crippen LogP contribution is -2.40. The van der Waals surface area contributed by atoms with Gasteiger partial charge in [0, 0.05) is 7.05 Å². The van der Waals surface area contributed by atoms with Gasteiger partial charge in [-0.1, -0.05) is 0 Å². The van der Waals surface area contributed by atoms with Gasteiger partial charge in [-0.15, -0.1) is 0 Å². The first-order valence-corrected chi connectivity index (χ1v) is 5.54. The Balaban J connectivity index is 2.46. The second-order valence-electron chi connectivity index (χ2n) is 4.18. The molecule has 0 bridgehead atoms. The van der Waals surface area contributed by atoms with Gasteiger partial charge in [0.2, 0.25) is 0 Å². The highest BCUT2D eigenvalue weighted by molar-refractivity contribution is 6.05. The van der Waals surface area contributed by atoms with Crippen molar-refractivity contribution < 1.29 is 19.1 Å². The maximum Gasteiger partial charge on any atom is 0.326 e. The Bertz CT molecular complexity index is 653. The number of aromatic amines is 1. The van der Waals surface area contributed by atoms with Gasteiger partial charge in [0.05, 0.1) is 17.4 Å². The van der Waals surface area contributed by atoms with Crippen LogP contribution in [0.1, 0.15) is 17.3 Å². The minimum Gasteiger partial charge on any atom is -0.480 e. The number of fused-ring (bicyclic) bond motifs is 1. The van der Waals surface area contributed by atoms with Crippen LogP contribution < -0.4 is 0 Å². The van der Waals surface area contributed by atoms with Crippen LogP contribution in [-0.2, 0) is 4.79 Å². The van der Waals surface area contributed by atoms with Crippen molar-refractivity contribution in [1.82, 2.24) is 14.9 Å². The first kappa shape index (κ1) is 13.0. The first-order valence-electron chi connectivity index (χ1n) is 5.54. The number of carbonyl (C=O) groups is 2. The molecule has 0 aliphatic rings. The zero-order valence-corrected chi connectivity index (χ0v) is 10.3. The van der Waals surface area contributed by atoms with Crippen LogP contribution in [0.25, 0.3) is 11.0 Å². The molecule has 0 aliphatic heterocycles. The van der Waals surface area contributed by atoms with Crippen LogP contribution in [0.4, 0.5) is 4.39 Å². The van der Waals surface area contributed by atoms with E-state index in [0.29, 0.717) is 11.0 Å². The number of nitrogens with one attached hydrogen (secondary N) is 1. The quantitative estimate of drug-likeness (QED) is 0.874. The monoisotopic (exact) mass is 265 g/mol. The minimum atomic E-state index is -1.13. The summed E-state index contributed by atoms with van der Waals surface area (Å²) in [5.74, 6) is -2.31. The number of likely N-dealkylation sites (N-methyl/N-ethyl adjacent to an activating group) is 1. The number of aromatic nitrogens is 2. The number of benzene rings is 1. The molecule has 0 radical (unpaired) electrons. The number of imidazole rings is 1. The summed E-state index contributed by atoms with van der Waals surface area (Å²) in [6, 6.07) is 1.26. The average Bonchev–Trinajstić information content (AvgIpc) is 2.82. The lowest BCUT2D eigenvalue weighted by atomic mass is 10.1. The normalized spacial score (nSPS) is 12.4. The van der Waals surface area contributed by atoms with E-state index >= 15 is 0 Å². The first-order chi connectivity index (χ1) is 8.91. The number of amides is 1. The predicted octanol–water partition coefficient (Wildman–Crippen LogP) is 1.25. The second kappa shape index (κ2) is 4.68. The van der Waals surface area contributed by atoms with Gasteiger partial charge in [-0.3, -0.25) is 4.79 Å². The number of carbonyl (C=O) groups excluding carboxylic acids is 1. The molecule has 1 heterocycles. The third-order valence-electron chi connectivity index (χ3n) is 2.98. The number of hydrogen-bond donors (Lipinski definition) is 2. The maximum atomic E-state index is 13.4. The van der Waals surface area contributed by atoms with Crippen LogP contribution in [0, 0.1) is 5.82 Å². The molecule has 0 spiro atoms. The lowest BCUT2D eigenvalue weighted by Gasteiger charge is -2.21. The van der Waals surface area contributed by atoms with Crippen molar-refractivity contribution in [2.45, 2.75) is 13.0 Å². The number of halogens is 1. The van der Waals surface area contributed by atoms with Crippen molar-refractivity contribution in [3.63, 3.8) is 0 Å². The minimum absolute atomic E-state index is 0.0341. The van der Waals surface area contributed by atoms with Gasteiger partial charge in [-0.2, -0.15) is 0 Å².